The Balaban J connectivity index is 1.50. The number of rotatable bonds is 8. The van der Waals surface area contributed by atoms with Crippen molar-refractivity contribution < 1.29 is 19.0 Å². The number of benzene rings is 2. The van der Waals surface area contributed by atoms with E-state index in [1.807, 2.05) is 81.4 Å². The van der Waals surface area contributed by atoms with Crippen molar-refractivity contribution in [1.29, 1.82) is 0 Å². The zero-order chi connectivity index (χ0) is 29.7. The summed E-state index contributed by atoms with van der Waals surface area (Å²) in [7, 11) is 1.65. The van der Waals surface area contributed by atoms with Gasteiger partial charge in [-0.15, -0.1) is 0 Å². The number of amides is 1. The van der Waals surface area contributed by atoms with E-state index in [1.54, 1.807) is 18.2 Å². The maximum atomic E-state index is 12.7. The second-order valence-electron chi connectivity index (χ2n) is 11.2. The molecule has 222 valence electrons. The van der Waals surface area contributed by atoms with Crippen molar-refractivity contribution in [2.24, 2.45) is 4.99 Å². The molecule has 1 N–H and O–H groups in total. The van der Waals surface area contributed by atoms with Gasteiger partial charge in [-0.1, -0.05) is 24.3 Å². The Kier molecular flexibility index (Phi) is 8.91. The molecule has 0 spiro atoms. The van der Waals surface area contributed by atoms with Gasteiger partial charge in [0.1, 0.15) is 30.3 Å². The number of hydrogen-bond acceptors (Lipinski definition) is 9. The molecule has 1 aromatic heterocycles. The number of pyridine rings is 1. The maximum absolute atomic E-state index is 12.7. The van der Waals surface area contributed by atoms with Gasteiger partial charge in [0, 0.05) is 37.1 Å². The van der Waals surface area contributed by atoms with Crippen molar-refractivity contribution in [3.8, 4) is 5.75 Å². The van der Waals surface area contributed by atoms with Gasteiger partial charge in [-0.2, -0.15) is 0 Å². The number of aromatic nitrogens is 1. The van der Waals surface area contributed by atoms with E-state index in [4.69, 9.17) is 26.0 Å². The quantitative estimate of drug-likeness (QED) is 0.299. The van der Waals surface area contributed by atoms with E-state index < -0.39 is 5.60 Å². The predicted molar refractivity (Wildman–Crippen MR) is 162 cm³/mol. The fraction of sp³-hybridized carbons (Fsp3) is 0.387. The summed E-state index contributed by atoms with van der Waals surface area (Å²) >= 11 is 6.60. The highest BCUT2D eigenvalue weighted by Gasteiger charge is 2.32. The number of ether oxygens (including phenoxy) is 3. The first-order chi connectivity index (χ1) is 20.2. The molecule has 1 amide bonds. The number of anilines is 2. The fourth-order valence-electron chi connectivity index (χ4n) is 4.95. The van der Waals surface area contributed by atoms with E-state index >= 15 is 0 Å². The van der Waals surface area contributed by atoms with Gasteiger partial charge < -0.3 is 19.1 Å². The van der Waals surface area contributed by atoms with E-state index in [0.717, 1.165) is 40.5 Å². The average Bonchev–Trinajstić information content (AvgIpc) is 2.99. The topological polar surface area (TPSA) is 91.8 Å². The van der Waals surface area contributed by atoms with Crippen LogP contribution in [0.15, 0.2) is 71.9 Å². The van der Waals surface area contributed by atoms with Crippen molar-refractivity contribution in [3.63, 3.8) is 0 Å². The molecule has 42 heavy (non-hydrogen) atoms. The number of carbonyl (C=O) groups is 1. The molecule has 0 bridgehead atoms. The Bertz CT molecular complexity index is 1490. The minimum Gasteiger partial charge on any atom is -0.494 e. The molecule has 0 saturated carbocycles. The number of halogens is 1. The molecule has 2 aliphatic rings. The van der Waals surface area contributed by atoms with Gasteiger partial charge in [0.15, 0.2) is 0 Å². The maximum Gasteiger partial charge on any atom is 0.410 e. The number of hydrazine groups is 1. The second-order valence-corrected chi connectivity index (χ2v) is 11.6. The number of carbonyl (C=O) groups excluding carboxylic acids is 1. The highest BCUT2D eigenvalue weighted by Crippen LogP contribution is 2.32. The first-order valence-corrected chi connectivity index (χ1v) is 14.4. The molecule has 10 nitrogen and oxygen atoms in total. The molecule has 0 aliphatic carbocycles. The number of methoxy groups -OCH3 is 1. The molecule has 5 rings (SSSR count). The monoisotopic (exact) mass is 592 g/mol. The lowest BCUT2D eigenvalue weighted by atomic mass is 10.0. The first kappa shape index (κ1) is 29.3. The third-order valence-corrected chi connectivity index (χ3v) is 7.22. The summed E-state index contributed by atoms with van der Waals surface area (Å²) in [6.45, 7) is 7.27. The molecule has 3 heterocycles. The van der Waals surface area contributed by atoms with Crippen LogP contribution in [0.4, 0.5) is 16.2 Å². The highest BCUT2D eigenvalue weighted by atomic mass is 35.5. The van der Waals surface area contributed by atoms with Gasteiger partial charge in [0.2, 0.25) is 5.88 Å². The van der Waals surface area contributed by atoms with Gasteiger partial charge in [-0.3, -0.25) is 20.4 Å². The van der Waals surface area contributed by atoms with E-state index in [9.17, 15) is 4.79 Å². The van der Waals surface area contributed by atoms with Crippen LogP contribution >= 0.6 is 11.8 Å². The van der Waals surface area contributed by atoms with E-state index in [-0.39, 0.29) is 25.4 Å². The summed E-state index contributed by atoms with van der Waals surface area (Å²) in [5.41, 5.74) is 5.57. The smallest absolute Gasteiger partial charge is 0.410 e. The van der Waals surface area contributed by atoms with Crippen LogP contribution in [-0.2, 0) is 16.1 Å². The molecule has 0 atom stereocenters. The molecular weight excluding hydrogens is 556 g/mol. The fourth-order valence-corrected chi connectivity index (χ4v) is 5.14. The van der Waals surface area contributed by atoms with Crippen LogP contribution in [0.1, 0.15) is 39.3 Å². The molecule has 1 saturated heterocycles. The third-order valence-electron chi connectivity index (χ3n) is 6.96. The third kappa shape index (κ3) is 6.99. The van der Waals surface area contributed by atoms with E-state index in [1.165, 1.54) is 4.42 Å². The molecular formula is C31H37ClN6O4. The Morgan fingerprint density at radius 2 is 1.83 bits per heavy atom. The molecule has 2 aliphatic heterocycles. The Hall–Kier alpha value is -4.18. The van der Waals surface area contributed by atoms with Crippen molar-refractivity contribution in [2.75, 3.05) is 37.3 Å². The summed E-state index contributed by atoms with van der Waals surface area (Å²) in [5.74, 6) is 1.15. The minimum atomic E-state index is -0.542. The zero-order valence-corrected chi connectivity index (χ0v) is 25.2. The summed E-state index contributed by atoms with van der Waals surface area (Å²) in [6.07, 6.45) is 2.88. The number of para-hydroxylation sites is 1. The van der Waals surface area contributed by atoms with Gasteiger partial charge in [-0.05, 0) is 63.9 Å². The first-order valence-electron chi connectivity index (χ1n) is 14.0. The number of nitrogens with one attached hydrogen (secondary N) is 1. The zero-order valence-electron chi connectivity index (χ0n) is 24.4. The van der Waals surface area contributed by atoms with Gasteiger partial charge in [0.05, 0.1) is 35.1 Å². The van der Waals surface area contributed by atoms with Crippen LogP contribution in [0, 0.1) is 0 Å². The standard InChI is InChI=1S/C31H37ClN6O4/c1-31(2,3)42-30(39)36-16-13-24(14-17-36)38(35-22-10-6-5-7-11-22)27-18-25-26(19-28(27)40-4)34-21-37(32)29(25)41-20-23-12-8-9-15-33-23/h5-12,15,18-19,24,35H,13-14,16-17,20-21H2,1-4H3. The summed E-state index contributed by atoms with van der Waals surface area (Å²) in [4.78, 5) is 23.5. The van der Waals surface area contributed by atoms with Crippen LogP contribution < -0.4 is 25.7 Å². The Morgan fingerprint density at radius 1 is 1.10 bits per heavy atom. The van der Waals surface area contributed by atoms with Gasteiger partial charge in [-0.25, -0.2) is 9.21 Å². The van der Waals surface area contributed by atoms with Crippen LogP contribution in [-0.4, -0.2) is 58.9 Å². The van der Waals surface area contributed by atoms with Crippen LogP contribution in [0.5, 0.6) is 5.75 Å². The molecule has 0 radical (unpaired) electrons. The number of piperidine rings is 1. The molecule has 2 aromatic carbocycles. The highest BCUT2D eigenvalue weighted by molar-refractivity contribution is 6.16. The number of hydrogen-bond donors (Lipinski definition) is 1. The van der Waals surface area contributed by atoms with Crippen LogP contribution in [0.3, 0.4) is 0 Å². The summed E-state index contributed by atoms with van der Waals surface area (Å²) in [5, 5.41) is 3.58. The normalized spacial score (nSPS) is 15.4. The molecule has 11 heteroatoms. The summed E-state index contributed by atoms with van der Waals surface area (Å²) < 4.78 is 19.2. The van der Waals surface area contributed by atoms with Crippen molar-refractivity contribution in [2.45, 2.75) is 51.9 Å². The van der Waals surface area contributed by atoms with Crippen LogP contribution in [0.2, 0.25) is 0 Å². The van der Waals surface area contributed by atoms with Crippen molar-refractivity contribution >= 4 is 35.1 Å². The molecule has 3 aromatic rings. The lowest BCUT2D eigenvalue weighted by molar-refractivity contribution is 0.0205. The second kappa shape index (κ2) is 12.8. The van der Waals surface area contributed by atoms with Crippen molar-refractivity contribution in [3.05, 3.63) is 83.1 Å². The number of fused-ring (bicyclic) bond motifs is 1. The number of likely N-dealkylation sites (tertiary alicyclic amines) is 1. The Labute approximate surface area is 251 Å². The SMILES string of the molecule is COc1cc2c(cc1N(Nc1ccccc1)C1CCN(C(=O)OC(C)(C)C)CC1)=C(OCc1ccccn1)N(Cl)CN=2. The van der Waals surface area contributed by atoms with E-state index in [0.29, 0.717) is 24.7 Å². The van der Waals surface area contributed by atoms with Gasteiger partial charge >= 0.3 is 6.09 Å². The predicted octanol–water partition coefficient (Wildman–Crippen LogP) is 4.65. The van der Waals surface area contributed by atoms with E-state index in [2.05, 4.69) is 20.4 Å². The average molecular weight is 593 g/mol. The molecule has 0 unspecified atom stereocenters. The lowest BCUT2D eigenvalue weighted by Crippen LogP contribution is -2.50. The molecule has 1 fully saturated rings. The summed E-state index contributed by atoms with van der Waals surface area (Å²) in [6, 6.07) is 19.6. The van der Waals surface area contributed by atoms with Crippen molar-refractivity contribution in [1.82, 2.24) is 14.3 Å². The minimum absolute atomic E-state index is 0.0429. The largest absolute Gasteiger partial charge is 0.494 e. The van der Waals surface area contributed by atoms with Gasteiger partial charge in [0.25, 0.3) is 0 Å². The number of nitrogens with zero attached hydrogens (tertiary/aromatic N) is 5. The Morgan fingerprint density at radius 3 is 2.50 bits per heavy atom. The lowest BCUT2D eigenvalue weighted by Gasteiger charge is -2.40. The van der Waals surface area contributed by atoms with Crippen LogP contribution in [0.25, 0.3) is 5.88 Å².